The van der Waals surface area contributed by atoms with Crippen molar-refractivity contribution in [3.05, 3.63) is 0 Å². The van der Waals surface area contributed by atoms with Crippen LogP contribution in [-0.4, -0.2) is 62.6 Å². The molecule has 0 aliphatic rings. The van der Waals surface area contributed by atoms with Crippen LogP contribution in [0.4, 0.5) is 0 Å². The summed E-state index contributed by atoms with van der Waals surface area (Å²) < 4.78 is 0. The normalized spacial score (nSPS) is 10.0. The van der Waals surface area contributed by atoms with E-state index in [-0.39, 0.29) is 0 Å². The molecule has 0 atom stereocenters. The Bertz CT molecular complexity index is 67.5. The molecule has 0 aromatic heterocycles. The molecule has 4 heteroatoms. The van der Waals surface area contributed by atoms with Crippen LogP contribution in [0.25, 0.3) is 0 Å². The summed E-state index contributed by atoms with van der Waals surface area (Å²) in [6.07, 6.45) is 0. The minimum atomic E-state index is 0.951. The predicted octanol–water partition coefficient (Wildman–Crippen LogP) is 0.956. The third-order valence-electron chi connectivity index (χ3n) is 1.09. The summed E-state index contributed by atoms with van der Waals surface area (Å²) >= 11 is 8.04. The summed E-state index contributed by atoms with van der Waals surface area (Å²) in [6.45, 7) is 2.15. The molecule has 0 aliphatic heterocycles. The van der Waals surface area contributed by atoms with Gasteiger partial charge in [0, 0.05) is 24.6 Å². The number of thiol groups is 2. The Kier molecular flexibility index (Phi) is 14.6. The van der Waals surface area contributed by atoms with E-state index in [9.17, 15) is 0 Å². The third-order valence-corrected chi connectivity index (χ3v) is 1.49. The van der Waals surface area contributed by atoms with Crippen LogP contribution in [0, 0.1) is 0 Å². The molecular formula is C8H22N2S2. The van der Waals surface area contributed by atoms with E-state index in [0.29, 0.717) is 0 Å². The summed E-state index contributed by atoms with van der Waals surface area (Å²) in [4.78, 5) is 4.21. The maximum Gasteiger partial charge on any atom is 0.00637 e. The van der Waals surface area contributed by atoms with Crippen molar-refractivity contribution >= 4 is 25.3 Å². The second-order valence-corrected chi connectivity index (χ2v) is 3.95. The molecule has 12 heavy (non-hydrogen) atoms. The zero-order chi connectivity index (χ0) is 9.98. The van der Waals surface area contributed by atoms with Crippen LogP contribution < -0.4 is 0 Å². The Morgan fingerprint density at radius 3 is 1.00 bits per heavy atom. The third kappa shape index (κ3) is 22.4. The zero-order valence-corrected chi connectivity index (χ0v) is 10.4. The monoisotopic (exact) mass is 210 g/mol. The second-order valence-electron chi connectivity index (χ2n) is 3.05. The molecule has 0 saturated heterocycles. The average molecular weight is 210 g/mol. The zero-order valence-electron chi connectivity index (χ0n) is 8.62. The van der Waals surface area contributed by atoms with E-state index in [1.165, 1.54) is 0 Å². The molecule has 0 spiro atoms. The highest BCUT2D eigenvalue weighted by molar-refractivity contribution is 7.80. The van der Waals surface area contributed by atoms with Gasteiger partial charge in [-0.15, -0.1) is 0 Å². The number of rotatable bonds is 4. The molecule has 0 unspecified atom stereocenters. The van der Waals surface area contributed by atoms with Crippen molar-refractivity contribution in [1.29, 1.82) is 0 Å². The van der Waals surface area contributed by atoms with Crippen molar-refractivity contribution < 1.29 is 0 Å². The Hall–Kier alpha value is 0.620. The van der Waals surface area contributed by atoms with E-state index in [0.717, 1.165) is 24.6 Å². The van der Waals surface area contributed by atoms with E-state index in [4.69, 9.17) is 0 Å². The van der Waals surface area contributed by atoms with Crippen LogP contribution >= 0.6 is 25.3 Å². The van der Waals surface area contributed by atoms with E-state index in [1.54, 1.807) is 0 Å². The lowest BCUT2D eigenvalue weighted by molar-refractivity contribution is 0.438. The minimum absolute atomic E-state index is 0.951. The van der Waals surface area contributed by atoms with Gasteiger partial charge in [0.2, 0.25) is 0 Å². The lowest BCUT2D eigenvalue weighted by Gasteiger charge is -2.03. The highest BCUT2D eigenvalue weighted by Gasteiger charge is 1.80. The van der Waals surface area contributed by atoms with Gasteiger partial charge in [0.05, 0.1) is 0 Å². The largest absolute Gasteiger partial charge is 0.309 e. The molecule has 0 bridgehead atoms. The van der Waals surface area contributed by atoms with Gasteiger partial charge in [-0.1, -0.05) is 0 Å². The first kappa shape index (κ1) is 15.1. The van der Waals surface area contributed by atoms with Crippen LogP contribution in [-0.2, 0) is 0 Å². The van der Waals surface area contributed by atoms with Gasteiger partial charge in [-0.3, -0.25) is 0 Å². The molecule has 0 heterocycles. The molecule has 0 rings (SSSR count). The Morgan fingerprint density at radius 1 is 0.750 bits per heavy atom. The summed E-state index contributed by atoms with van der Waals surface area (Å²) in [5.41, 5.74) is 0. The highest BCUT2D eigenvalue weighted by Crippen LogP contribution is 1.75. The molecule has 0 fully saturated rings. The number of nitrogens with zero attached hydrogens (tertiary/aromatic N) is 2. The molecule has 0 aromatic rings. The minimum Gasteiger partial charge on any atom is -0.309 e. The van der Waals surface area contributed by atoms with Crippen molar-refractivity contribution in [1.82, 2.24) is 9.80 Å². The molecule has 0 amide bonds. The van der Waals surface area contributed by atoms with E-state index in [2.05, 4.69) is 35.1 Å². The number of hydrogen-bond acceptors (Lipinski definition) is 4. The van der Waals surface area contributed by atoms with E-state index >= 15 is 0 Å². The molecule has 76 valence electrons. The topological polar surface area (TPSA) is 6.48 Å². The molecule has 0 radical (unpaired) electrons. The summed E-state index contributed by atoms with van der Waals surface area (Å²) in [5.74, 6) is 1.90. The predicted molar refractivity (Wildman–Crippen MR) is 64.8 cm³/mol. The quantitative estimate of drug-likeness (QED) is 0.667. The first-order valence-electron chi connectivity index (χ1n) is 4.05. The Labute approximate surface area is 88.1 Å². The first-order chi connectivity index (χ1) is 5.54. The van der Waals surface area contributed by atoms with Crippen molar-refractivity contribution in [3.63, 3.8) is 0 Å². The van der Waals surface area contributed by atoms with Crippen LogP contribution in [0.1, 0.15) is 0 Å². The Morgan fingerprint density at radius 2 is 1.00 bits per heavy atom. The summed E-state index contributed by atoms with van der Waals surface area (Å²) in [6, 6.07) is 0. The van der Waals surface area contributed by atoms with Crippen molar-refractivity contribution in [2.45, 2.75) is 0 Å². The lowest BCUT2D eigenvalue weighted by Crippen LogP contribution is -2.13. The standard InChI is InChI=1S/2C4H11NS/c2*1-5(2)3-4-6/h2*6H,3-4H2,1-2H3. The van der Waals surface area contributed by atoms with Gasteiger partial charge in [0.15, 0.2) is 0 Å². The van der Waals surface area contributed by atoms with E-state index < -0.39 is 0 Å². The summed E-state index contributed by atoms with van der Waals surface area (Å²) in [5, 5.41) is 0. The fraction of sp³-hybridized carbons (Fsp3) is 1.00. The Balaban J connectivity index is 0. The maximum absolute atomic E-state index is 4.02. The molecule has 0 aromatic carbocycles. The van der Waals surface area contributed by atoms with Crippen LogP contribution in [0.5, 0.6) is 0 Å². The molecular weight excluding hydrogens is 188 g/mol. The first-order valence-corrected chi connectivity index (χ1v) is 5.32. The molecule has 0 saturated carbocycles. The molecule has 2 nitrogen and oxygen atoms in total. The van der Waals surface area contributed by atoms with Gasteiger partial charge in [-0.25, -0.2) is 0 Å². The highest BCUT2D eigenvalue weighted by atomic mass is 32.1. The fourth-order valence-electron chi connectivity index (χ4n) is 0.400. The SMILES string of the molecule is CN(C)CCS.CN(C)CCS. The van der Waals surface area contributed by atoms with E-state index in [1.807, 2.05) is 28.2 Å². The van der Waals surface area contributed by atoms with Gasteiger partial charge in [0.1, 0.15) is 0 Å². The van der Waals surface area contributed by atoms with Crippen LogP contribution in [0.3, 0.4) is 0 Å². The van der Waals surface area contributed by atoms with Gasteiger partial charge in [0.25, 0.3) is 0 Å². The number of hydrogen-bond donors (Lipinski definition) is 2. The van der Waals surface area contributed by atoms with Gasteiger partial charge >= 0.3 is 0 Å². The molecule has 0 aliphatic carbocycles. The fourth-order valence-corrected chi connectivity index (χ4v) is 1.20. The van der Waals surface area contributed by atoms with Gasteiger partial charge in [-0.05, 0) is 28.2 Å². The summed E-state index contributed by atoms with van der Waals surface area (Å²) in [7, 11) is 8.15. The van der Waals surface area contributed by atoms with Crippen LogP contribution in [0.15, 0.2) is 0 Å². The van der Waals surface area contributed by atoms with Crippen molar-refractivity contribution in [3.8, 4) is 0 Å². The lowest BCUT2D eigenvalue weighted by atomic mass is 10.7. The maximum atomic E-state index is 4.02. The molecule has 0 N–H and O–H groups in total. The van der Waals surface area contributed by atoms with Crippen molar-refractivity contribution in [2.75, 3.05) is 52.8 Å². The van der Waals surface area contributed by atoms with Gasteiger partial charge in [-0.2, -0.15) is 25.3 Å². The van der Waals surface area contributed by atoms with Crippen LogP contribution in [0.2, 0.25) is 0 Å². The van der Waals surface area contributed by atoms with Gasteiger partial charge < -0.3 is 9.80 Å². The second kappa shape index (κ2) is 11.6. The van der Waals surface area contributed by atoms with Crippen molar-refractivity contribution in [2.24, 2.45) is 0 Å². The average Bonchev–Trinajstić information content (AvgIpc) is 1.87. The smallest absolute Gasteiger partial charge is 0.00637 e.